The maximum Gasteiger partial charge on any atom is 0.186 e. The van der Waals surface area contributed by atoms with Crippen molar-refractivity contribution >= 4 is 49.0 Å². The summed E-state index contributed by atoms with van der Waals surface area (Å²) in [7, 11) is 0. The molecule has 0 saturated carbocycles. The van der Waals surface area contributed by atoms with Gasteiger partial charge in [0.1, 0.15) is 0 Å². The van der Waals surface area contributed by atoms with Gasteiger partial charge in [-0.3, -0.25) is 4.79 Å². The van der Waals surface area contributed by atoms with E-state index < -0.39 is 0 Å². The summed E-state index contributed by atoms with van der Waals surface area (Å²) in [4.78, 5) is 12.0. The van der Waals surface area contributed by atoms with E-state index in [1.807, 2.05) is 18.4 Å². The molecule has 0 bridgehead atoms. The first kappa shape index (κ1) is 9.42. The standard InChI is InChI=1S/C7H6Br2OS/c1-4(8)7(10)6-2-5(9)3-11-6/h2-4H,1H3. The predicted octanol–water partition coefficient (Wildman–Crippen LogP) is 3.48. The number of rotatable bonds is 2. The molecule has 0 aromatic carbocycles. The molecule has 0 aliphatic carbocycles. The first-order valence-electron chi connectivity index (χ1n) is 3.03. The van der Waals surface area contributed by atoms with Crippen molar-refractivity contribution in [3.8, 4) is 0 Å². The number of carbonyl (C=O) groups is 1. The Bertz CT molecular complexity index is 267. The topological polar surface area (TPSA) is 17.1 Å². The molecule has 1 nitrogen and oxygen atoms in total. The number of hydrogen-bond acceptors (Lipinski definition) is 2. The molecular weight excluding hydrogens is 292 g/mol. The molecule has 1 unspecified atom stereocenters. The van der Waals surface area contributed by atoms with E-state index in [-0.39, 0.29) is 10.6 Å². The predicted molar refractivity (Wildman–Crippen MR) is 54.7 cm³/mol. The van der Waals surface area contributed by atoms with E-state index in [1.165, 1.54) is 11.3 Å². The fourth-order valence-corrected chi connectivity index (χ4v) is 2.49. The van der Waals surface area contributed by atoms with Crippen LogP contribution in [0.4, 0.5) is 0 Å². The van der Waals surface area contributed by atoms with Gasteiger partial charge in [0.15, 0.2) is 5.78 Å². The van der Waals surface area contributed by atoms with Crippen LogP contribution in [0.1, 0.15) is 16.6 Å². The van der Waals surface area contributed by atoms with Crippen LogP contribution in [0.15, 0.2) is 15.9 Å². The van der Waals surface area contributed by atoms with Crippen LogP contribution in [0.2, 0.25) is 0 Å². The molecule has 0 radical (unpaired) electrons. The number of Topliss-reactive ketones (excluding diaryl/α,β-unsaturated/α-hetero) is 1. The van der Waals surface area contributed by atoms with Crippen LogP contribution < -0.4 is 0 Å². The Morgan fingerprint density at radius 1 is 1.73 bits per heavy atom. The lowest BCUT2D eigenvalue weighted by Gasteiger charge is -1.96. The van der Waals surface area contributed by atoms with Crippen LogP contribution in [-0.4, -0.2) is 10.6 Å². The number of alkyl halides is 1. The highest BCUT2D eigenvalue weighted by molar-refractivity contribution is 9.10. The van der Waals surface area contributed by atoms with Crippen molar-refractivity contribution in [2.75, 3.05) is 0 Å². The van der Waals surface area contributed by atoms with E-state index in [4.69, 9.17) is 0 Å². The maximum absolute atomic E-state index is 11.3. The van der Waals surface area contributed by atoms with Gasteiger partial charge in [-0.25, -0.2) is 0 Å². The van der Waals surface area contributed by atoms with Crippen molar-refractivity contribution in [2.24, 2.45) is 0 Å². The van der Waals surface area contributed by atoms with Gasteiger partial charge in [-0.05, 0) is 28.9 Å². The summed E-state index contributed by atoms with van der Waals surface area (Å²) >= 11 is 7.98. The van der Waals surface area contributed by atoms with Crippen LogP contribution in [0.3, 0.4) is 0 Å². The second-order valence-electron chi connectivity index (χ2n) is 2.11. The van der Waals surface area contributed by atoms with Crippen LogP contribution >= 0.6 is 43.2 Å². The Morgan fingerprint density at radius 3 is 2.73 bits per heavy atom. The van der Waals surface area contributed by atoms with Gasteiger partial charge in [0.25, 0.3) is 0 Å². The quantitative estimate of drug-likeness (QED) is 0.603. The minimum atomic E-state index is -0.0898. The molecule has 0 N–H and O–H groups in total. The molecule has 1 aromatic rings. The summed E-state index contributed by atoms with van der Waals surface area (Å²) in [5.74, 6) is 0.140. The summed E-state index contributed by atoms with van der Waals surface area (Å²) in [5.41, 5.74) is 0. The second kappa shape index (κ2) is 3.83. The van der Waals surface area contributed by atoms with E-state index in [0.717, 1.165) is 9.35 Å². The third-order valence-electron chi connectivity index (χ3n) is 1.17. The fraction of sp³-hybridized carbons (Fsp3) is 0.286. The van der Waals surface area contributed by atoms with Gasteiger partial charge < -0.3 is 0 Å². The minimum absolute atomic E-state index is 0.0898. The minimum Gasteiger partial charge on any atom is -0.292 e. The van der Waals surface area contributed by atoms with Gasteiger partial charge in [0.2, 0.25) is 0 Å². The highest BCUT2D eigenvalue weighted by atomic mass is 79.9. The summed E-state index contributed by atoms with van der Waals surface area (Å²) in [6.45, 7) is 1.83. The monoisotopic (exact) mass is 296 g/mol. The molecule has 4 heteroatoms. The van der Waals surface area contributed by atoms with E-state index in [2.05, 4.69) is 31.9 Å². The first-order chi connectivity index (χ1) is 5.11. The van der Waals surface area contributed by atoms with Crippen molar-refractivity contribution in [1.82, 2.24) is 0 Å². The largest absolute Gasteiger partial charge is 0.292 e. The summed E-state index contributed by atoms with van der Waals surface area (Å²) in [6, 6.07) is 1.84. The molecule has 0 fully saturated rings. The smallest absolute Gasteiger partial charge is 0.186 e. The number of halogens is 2. The van der Waals surface area contributed by atoms with Crippen LogP contribution in [0.5, 0.6) is 0 Å². The second-order valence-corrected chi connectivity index (χ2v) is 5.31. The molecule has 0 aliphatic heterocycles. The van der Waals surface area contributed by atoms with Crippen molar-refractivity contribution < 1.29 is 4.79 Å². The van der Waals surface area contributed by atoms with E-state index in [0.29, 0.717) is 0 Å². The zero-order valence-corrected chi connectivity index (χ0v) is 9.79. The lowest BCUT2D eigenvalue weighted by Crippen LogP contribution is -2.07. The van der Waals surface area contributed by atoms with Crippen molar-refractivity contribution in [3.05, 3.63) is 20.8 Å². The SMILES string of the molecule is CC(Br)C(=O)c1cc(Br)cs1. The molecule has 0 aliphatic rings. The fourth-order valence-electron chi connectivity index (χ4n) is 0.638. The molecule has 0 saturated heterocycles. The molecular formula is C7H6Br2OS. The average Bonchev–Trinajstić information content (AvgIpc) is 2.34. The lowest BCUT2D eigenvalue weighted by molar-refractivity contribution is 0.0999. The third kappa shape index (κ3) is 2.39. The van der Waals surface area contributed by atoms with Crippen LogP contribution in [0, 0.1) is 0 Å². The molecule has 1 heterocycles. The van der Waals surface area contributed by atoms with Crippen LogP contribution in [0.25, 0.3) is 0 Å². The van der Waals surface area contributed by atoms with Gasteiger partial charge in [-0.1, -0.05) is 15.9 Å². The highest BCUT2D eigenvalue weighted by Gasteiger charge is 2.13. The Morgan fingerprint density at radius 2 is 2.36 bits per heavy atom. The first-order valence-corrected chi connectivity index (χ1v) is 5.62. The van der Waals surface area contributed by atoms with E-state index in [1.54, 1.807) is 0 Å². The Labute approximate surface area is 86.1 Å². The molecule has 0 spiro atoms. The summed E-state index contributed by atoms with van der Waals surface area (Å²) in [5, 5.41) is 1.91. The molecule has 1 aromatic heterocycles. The number of ketones is 1. The van der Waals surface area contributed by atoms with Crippen LogP contribution in [-0.2, 0) is 0 Å². The molecule has 11 heavy (non-hydrogen) atoms. The summed E-state index contributed by atoms with van der Waals surface area (Å²) in [6.07, 6.45) is 0. The van der Waals surface area contributed by atoms with Gasteiger partial charge in [0.05, 0.1) is 9.70 Å². The number of thiophene rings is 1. The van der Waals surface area contributed by atoms with Gasteiger partial charge >= 0.3 is 0 Å². The average molecular weight is 298 g/mol. The molecule has 0 amide bonds. The van der Waals surface area contributed by atoms with E-state index in [9.17, 15) is 4.79 Å². The van der Waals surface area contributed by atoms with Crippen molar-refractivity contribution in [2.45, 2.75) is 11.8 Å². The van der Waals surface area contributed by atoms with Gasteiger partial charge in [-0.2, -0.15) is 0 Å². The molecule has 60 valence electrons. The number of hydrogen-bond donors (Lipinski definition) is 0. The lowest BCUT2D eigenvalue weighted by atomic mass is 10.3. The van der Waals surface area contributed by atoms with Crippen molar-refractivity contribution in [3.63, 3.8) is 0 Å². The normalized spacial score (nSPS) is 13.0. The van der Waals surface area contributed by atoms with Gasteiger partial charge in [-0.15, -0.1) is 11.3 Å². The Kier molecular flexibility index (Phi) is 3.28. The number of carbonyl (C=O) groups excluding carboxylic acids is 1. The van der Waals surface area contributed by atoms with E-state index >= 15 is 0 Å². The highest BCUT2D eigenvalue weighted by Crippen LogP contribution is 2.22. The molecule has 1 rings (SSSR count). The zero-order valence-electron chi connectivity index (χ0n) is 5.80. The Hall–Kier alpha value is 0.330. The summed E-state index contributed by atoms with van der Waals surface area (Å²) < 4.78 is 0.971. The van der Waals surface area contributed by atoms with Crippen molar-refractivity contribution in [1.29, 1.82) is 0 Å². The maximum atomic E-state index is 11.3. The third-order valence-corrected chi connectivity index (χ3v) is 3.29. The van der Waals surface area contributed by atoms with Gasteiger partial charge in [0, 0.05) is 9.85 Å². The zero-order chi connectivity index (χ0) is 8.43. The Balaban J connectivity index is 2.85. The molecule has 1 atom stereocenters.